The normalized spacial score (nSPS) is 14.1. The maximum Gasteiger partial charge on any atom is 0.227 e. The molecular formula is C32H26F2N6O. The minimum Gasteiger partial charge on any atom is -0.337 e. The molecule has 0 unspecified atom stereocenters. The molecule has 6 aromatic rings. The predicted molar refractivity (Wildman–Crippen MR) is 155 cm³/mol. The summed E-state index contributed by atoms with van der Waals surface area (Å²) in [6.45, 7) is 0. The smallest absolute Gasteiger partial charge is 0.227 e. The number of halogens is 2. The number of fused-ring (bicyclic) bond motifs is 2. The van der Waals surface area contributed by atoms with Crippen LogP contribution >= 0.6 is 0 Å². The lowest BCUT2D eigenvalue weighted by Gasteiger charge is -2.20. The quantitative estimate of drug-likeness (QED) is 0.206. The van der Waals surface area contributed by atoms with Crippen LogP contribution in [0.1, 0.15) is 32.1 Å². The lowest BCUT2D eigenvalue weighted by atomic mass is 9.88. The number of benzene rings is 3. The molecule has 9 heteroatoms. The van der Waals surface area contributed by atoms with Gasteiger partial charge in [0.05, 0.1) is 22.9 Å². The van der Waals surface area contributed by atoms with Gasteiger partial charge in [0.25, 0.3) is 0 Å². The molecular weight excluding hydrogens is 522 g/mol. The number of hydrogen-bond donors (Lipinski definition) is 3. The fourth-order valence-electron chi connectivity index (χ4n) is 5.71. The van der Waals surface area contributed by atoms with Gasteiger partial charge in [0, 0.05) is 28.6 Å². The van der Waals surface area contributed by atoms with Gasteiger partial charge in [0.2, 0.25) is 5.91 Å². The number of carbonyl (C=O) groups excluding carboxylic acids is 1. The summed E-state index contributed by atoms with van der Waals surface area (Å²) in [5, 5.41) is 10.8. The molecule has 0 radical (unpaired) electrons. The van der Waals surface area contributed by atoms with E-state index in [1.54, 1.807) is 24.5 Å². The summed E-state index contributed by atoms with van der Waals surface area (Å²) in [4.78, 5) is 25.2. The Morgan fingerprint density at radius 1 is 0.902 bits per heavy atom. The number of aromatic nitrogens is 5. The van der Waals surface area contributed by atoms with Crippen molar-refractivity contribution < 1.29 is 13.6 Å². The number of H-pyrrole nitrogens is 2. The Morgan fingerprint density at radius 3 is 2.56 bits per heavy atom. The second kappa shape index (κ2) is 10.2. The van der Waals surface area contributed by atoms with Crippen molar-refractivity contribution in [2.24, 2.45) is 5.92 Å². The van der Waals surface area contributed by atoms with Crippen molar-refractivity contribution in [3.8, 4) is 33.8 Å². The number of rotatable bonds is 5. The first kappa shape index (κ1) is 25.1. The van der Waals surface area contributed by atoms with Crippen LogP contribution in [0, 0.1) is 17.6 Å². The first-order valence-corrected chi connectivity index (χ1v) is 13.7. The van der Waals surface area contributed by atoms with Gasteiger partial charge in [-0.05, 0) is 60.4 Å². The summed E-state index contributed by atoms with van der Waals surface area (Å²) in [6.07, 6.45) is 8.37. The van der Waals surface area contributed by atoms with E-state index in [2.05, 4.69) is 25.5 Å². The topological polar surface area (TPSA) is 99.3 Å². The standard InChI is InChI=1S/C32H26F2N6O/c33-22-11-9-18(10-12-22)24-7-4-8-27-29(24)38-31(37-27)30-25-14-20(15-26(34)28(25)39-40-30)21-13-23(17-35-16-21)36-32(41)19-5-2-1-3-6-19/h4,7-17,19H,1-3,5-6H2,(H,36,41)(H,37,38)(H,39,40). The third-order valence-corrected chi connectivity index (χ3v) is 7.83. The molecule has 1 amide bonds. The Bertz CT molecular complexity index is 1900. The van der Waals surface area contributed by atoms with Crippen molar-refractivity contribution in [2.45, 2.75) is 32.1 Å². The van der Waals surface area contributed by atoms with Crippen molar-refractivity contribution in [1.82, 2.24) is 25.1 Å². The number of carbonyl (C=O) groups is 1. The van der Waals surface area contributed by atoms with Crippen molar-refractivity contribution in [3.05, 3.63) is 84.7 Å². The molecule has 0 bridgehead atoms. The van der Waals surface area contributed by atoms with Crippen LogP contribution in [0.5, 0.6) is 0 Å². The SMILES string of the molecule is O=C(Nc1cncc(-c2cc(F)c3[nH]nc(-c4nc5c(-c6ccc(F)cc6)cccc5[nH]4)c3c2)c1)C1CCCCC1. The Hall–Kier alpha value is -4.92. The number of hydrogen-bond acceptors (Lipinski definition) is 4. The van der Waals surface area contributed by atoms with Gasteiger partial charge in [-0.25, -0.2) is 13.8 Å². The number of imidazole rings is 1. The monoisotopic (exact) mass is 548 g/mol. The fourth-order valence-corrected chi connectivity index (χ4v) is 5.71. The Kier molecular flexibility index (Phi) is 6.26. The molecule has 1 aliphatic rings. The zero-order chi connectivity index (χ0) is 27.9. The number of nitrogens with one attached hydrogen (secondary N) is 3. The largest absolute Gasteiger partial charge is 0.337 e. The molecule has 0 saturated heterocycles. The number of amides is 1. The van der Waals surface area contributed by atoms with Crippen molar-refractivity contribution in [2.75, 3.05) is 5.32 Å². The van der Waals surface area contributed by atoms with Crippen molar-refractivity contribution >= 4 is 33.5 Å². The van der Waals surface area contributed by atoms with E-state index in [1.165, 1.54) is 24.6 Å². The summed E-state index contributed by atoms with van der Waals surface area (Å²) in [6, 6.07) is 17.1. The van der Waals surface area contributed by atoms with Gasteiger partial charge in [-0.3, -0.25) is 14.9 Å². The minimum absolute atomic E-state index is 0.00676. The number of nitrogens with zero attached hydrogens (tertiary/aromatic N) is 3. The van der Waals surface area contributed by atoms with Crippen LogP contribution in [0.4, 0.5) is 14.5 Å². The second-order valence-electron chi connectivity index (χ2n) is 10.5. The molecule has 0 aliphatic heterocycles. The molecule has 3 aromatic carbocycles. The summed E-state index contributed by atoms with van der Waals surface area (Å²) in [5.74, 6) is -0.272. The minimum atomic E-state index is -0.462. The molecule has 7 rings (SSSR count). The predicted octanol–water partition coefficient (Wildman–Crippen LogP) is 7.63. The van der Waals surface area contributed by atoms with Crippen LogP contribution in [0.3, 0.4) is 0 Å². The van der Waals surface area contributed by atoms with Gasteiger partial charge in [0.15, 0.2) is 5.82 Å². The first-order chi connectivity index (χ1) is 20.0. The molecule has 0 atom stereocenters. The van der Waals surface area contributed by atoms with E-state index in [9.17, 15) is 9.18 Å². The van der Waals surface area contributed by atoms with Crippen molar-refractivity contribution in [3.63, 3.8) is 0 Å². The zero-order valence-corrected chi connectivity index (χ0v) is 22.0. The summed E-state index contributed by atoms with van der Waals surface area (Å²) >= 11 is 0. The fraction of sp³-hybridized carbons (Fsp3) is 0.188. The number of aromatic amines is 2. The van der Waals surface area contributed by atoms with Gasteiger partial charge < -0.3 is 10.3 Å². The highest BCUT2D eigenvalue weighted by Gasteiger charge is 2.22. The average molecular weight is 549 g/mol. The van der Waals surface area contributed by atoms with E-state index in [0.29, 0.717) is 39.2 Å². The second-order valence-corrected chi connectivity index (χ2v) is 10.5. The Balaban J connectivity index is 1.25. The van der Waals surface area contributed by atoms with Gasteiger partial charge in [-0.2, -0.15) is 5.10 Å². The van der Waals surface area contributed by atoms with E-state index < -0.39 is 5.82 Å². The van der Waals surface area contributed by atoms with E-state index in [1.807, 2.05) is 30.3 Å². The Labute approximate surface area is 234 Å². The highest BCUT2D eigenvalue weighted by atomic mass is 19.1. The van der Waals surface area contributed by atoms with Crippen LogP contribution < -0.4 is 5.32 Å². The maximum atomic E-state index is 15.3. The van der Waals surface area contributed by atoms with Crippen LogP contribution in [0.25, 0.3) is 55.7 Å². The van der Waals surface area contributed by atoms with Gasteiger partial charge in [-0.15, -0.1) is 0 Å². The molecule has 3 heterocycles. The zero-order valence-electron chi connectivity index (χ0n) is 22.0. The first-order valence-electron chi connectivity index (χ1n) is 13.7. The molecule has 0 spiro atoms. The molecule has 3 aromatic heterocycles. The maximum absolute atomic E-state index is 15.3. The highest BCUT2D eigenvalue weighted by molar-refractivity contribution is 5.99. The van der Waals surface area contributed by atoms with Gasteiger partial charge in [0.1, 0.15) is 22.8 Å². The molecule has 1 saturated carbocycles. The molecule has 1 fully saturated rings. The van der Waals surface area contributed by atoms with Crippen LogP contribution in [-0.4, -0.2) is 31.1 Å². The number of anilines is 1. The lowest BCUT2D eigenvalue weighted by molar-refractivity contribution is -0.120. The summed E-state index contributed by atoms with van der Waals surface area (Å²) in [7, 11) is 0. The third kappa shape index (κ3) is 4.73. The number of pyridine rings is 1. The molecule has 204 valence electrons. The van der Waals surface area contributed by atoms with E-state index in [0.717, 1.165) is 42.3 Å². The van der Waals surface area contributed by atoms with Crippen molar-refractivity contribution in [1.29, 1.82) is 0 Å². The molecule has 3 N–H and O–H groups in total. The molecule has 7 nitrogen and oxygen atoms in total. The molecule has 1 aliphatic carbocycles. The van der Waals surface area contributed by atoms with E-state index in [-0.39, 0.29) is 23.2 Å². The van der Waals surface area contributed by atoms with Crippen LogP contribution in [0.2, 0.25) is 0 Å². The van der Waals surface area contributed by atoms with E-state index >= 15 is 4.39 Å². The van der Waals surface area contributed by atoms with Crippen LogP contribution in [0.15, 0.2) is 73.1 Å². The van der Waals surface area contributed by atoms with E-state index in [4.69, 9.17) is 4.98 Å². The Morgan fingerprint density at radius 2 is 1.73 bits per heavy atom. The van der Waals surface area contributed by atoms with Gasteiger partial charge in [-0.1, -0.05) is 43.5 Å². The lowest BCUT2D eigenvalue weighted by Crippen LogP contribution is -2.24. The average Bonchev–Trinajstić information content (AvgIpc) is 3.63. The summed E-state index contributed by atoms with van der Waals surface area (Å²) < 4.78 is 28.8. The highest BCUT2D eigenvalue weighted by Crippen LogP contribution is 2.35. The number of para-hydroxylation sites is 1. The molecule has 41 heavy (non-hydrogen) atoms. The van der Waals surface area contributed by atoms with Gasteiger partial charge >= 0.3 is 0 Å². The van der Waals surface area contributed by atoms with Crippen LogP contribution in [-0.2, 0) is 4.79 Å². The summed E-state index contributed by atoms with van der Waals surface area (Å²) in [5.41, 5.74) is 5.73. The third-order valence-electron chi connectivity index (χ3n) is 7.83.